The molecule has 3 aromatic rings. The van der Waals surface area contributed by atoms with Crippen LogP contribution in [0.1, 0.15) is 11.5 Å². The molecule has 0 fully saturated rings. The second kappa shape index (κ2) is 9.16. The SMILES string of the molecule is COc1ccc(Cc2nnc(SCCOc3ccc(Cl)cc3Cl)o2)cc1. The predicted octanol–water partition coefficient (Wildman–Crippen LogP) is 5.15. The summed E-state index contributed by atoms with van der Waals surface area (Å²) in [6.07, 6.45) is 0.578. The molecule has 1 aromatic heterocycles. The molecule has 3 rings (SSSR count). The van der Waals surface area contributed by atoms with Gasteiger partial charge in [0.15, 0.2) is 0 Å². The first-order valence-corrected chi connectivity index (χ1v) is 9.54. The first-order chi connectivity index (χ1) is 12.6. The molecule has 0 unspecified atom stereocenters. The monoisotopic (exact) mass is 410 g/mol. The molecule has 2 aromatic carbocycles. The quantitative estimate of drug-likeness (QED) is 0.378. The lowest BCUT2D eigenvalue weighted by Crippen LogP contribution is -2.00. The van der Waals surface area contributed by atoms with Gasteiger partial charge in [0, 0.05) is 10.8 Å². The molecule has 26 heavy (non-hydrogen) atoms. The number of methoxy groups -OCH3 is 1. The van der Waals surface area contributed by atoms with Gasteiger partial charge in [-0.1, -0.05) is 47.1 Å². The van der Waals surface area contributed by atoms with Crippen LogP contribution in [0.3, 0.4) is 0 Å². The number of hydrogen-bond donors (Lipinski definition) is 0. The van der Waals surface area contributed by atoms with E-state index in [1.165, 1.54) is 11.8 Å². The summed E-state index contributed by atoms with van der Waals surface area (Å²) in [7, 11) is 1.64. The Bertz CT molecular complexity index is 856. The molecule has 0 bridgehead atoms. The van der Waals surface area contributed by atoms with E-state index in [1.807, 2.05) is 24.3 Å². The fourth-order valence-electron chi connectivity index (χ4n) is 2.16. The van der Waals surface area contributed by atoms with Crippen LogP contribution in [-0.2, 0) is 6.42 Å². The van der Waals surface area contributed by atoms with Crippen LogP contribution in [0.15, 0.2) is 52.1 Å². The molecule has 0 atom stereocenters. The summed E-state index contributed by atoms with van der Waals surface area (Å²) in [4.78, 5) is 0. The minimum absolute atomic E-state index is 0.461. The highest BCUT2D eigenvalue weighted by Gasteiger charge is 2.08. The van der Waals surface area contributed by atoms with Crippen molar-refractivity contribution in [3.63, 3.8) is 0 Å². The molecular weight excluding hydrogens is 395 g/mol. The average Bonchev–Trinajstić information content (AvgIpc) is 3.08. The maximum atomic E-state index is 6.06. The summed E-state index contributed by atoms with van der Waals surface area (Å²) in [6, 6.07) is 12.9. The summed E-state index contributed by atoms with van der Waals surface area (Å²) in [6.45, 7) is 0.461. The minimum Gasteiger partial charge on any atom is -0.497 e. The summed E-state index contributed by atoms with van der Waals surface area (Å²) < 4.78 is 16.4. The third kappa shape index (κ3) is 5.30. The number of halogens is 2. The Balaban J connectivity index is 1.46. The van der Waals surface area contributed by atoms with Crippen molar-refractivity contribution in [1.82, 2.24) is 10.2 Å². The molecule has 1 heterocycles. The molecule has 0 radical (unpaired) electrons. The van der Waals surface area contributed by atoms with Crippen LogP contribution in [0.2, 0.25) is 10.0 Å². The van der Waals surface area contributed by atoms with Gasteiger partial charge in [0.05, 0.1) is 25.2 Å². The smallest absolute Gasteiger partial charge is 0.276 e. The lowest BCUT2D eigenvalue weighted by molar-refractivity contribution is 0.343. The van der Waals surface area contributed by atoms with E-state index < -0.39 is 0 Å². The highest BCUT2D eigenvalue weighted by molar-refractivity contribution is 7.99. The van der Waals surface area contributed by atoms with Crippen LogP contribution >= 0.6 is 35.0 Å². The van der Waals surface area contributed by atoms with Gasteiger partial charge in [-0.05, 0) is 35.9 Å². The van der Waals surface area contributed by atoms with Crippen molar-refractivity contribution in [3.8, 4) is 11.5 Å². The van der Waals surface area contributed by atoms with E-state index in [1.54, 1.807) is 25.3 Å². The number of aromatic nitrogens is 2. The number of nitrogens with zero attached hydrogens (tertiary/aromatic N) is 2. The highest BCUT2D eigenvalue weighted by Crippen LogP contribution is 2.28. The van der Waals surface area contributed by atoms with Crippen molar-refractivity contribution in [2.24, 2.45) is 0 Å². The van der Waals surface area contributed by atoms with Gasteiger partial charge < -0.3 is 13.9 Å². The van der Waals surface area contributed by atoms with Crippen LogP contribution in [0.4, 0.5) is 0 Å². The van der Waals surface area contributed by atoms with Crippen LogP contribution in [-0.4, -0.2) is 29.7 Å². The second-order valence-electron chi connectivity index (χ2n) is 5.26. The normalized spacial score (nSPS) is 10.7. The van der Waals surface area contributed by atoms with Crippen molar-refractivity contribution < 1.29 is 13.9 Å². The van der Waals surface area contributed by atoms with E-state index in [9.17, 15) is 0 Å². The fraction of sp³-hybridized carbons (Fsp3) is 0.222. The minimum atomic E-state index is 0.461. The van der Waals surface area contributed by atoms with E-state index in [4.69, 9.17) is 37.1 Å². The number of thioether (sulfide) groups is 1. The average molecular weight is 411 g/mol. The first-order valence-electron chi connectivity index (χ1n) is 7.80. The van der Waals surface area contributed by atoms with E-state index in [0.717, 1.165) is 11.3 Å². The van der Waals surface area contributed by atoms with Crippen molar-refractivity contribution in [2.75, 3.05) is 19.5 Å². The van der Waals surface area contributed by atoms with Gasteiger partial charge in [-0.25, -0.2) is 0 Å². The number of benzene rings is 2. The molecular formula is C18H16Cl2N2O3S. The maximum Gasteiger partial charge on any atom is 0.276 e. The summed E-state index contributed by atoms with van der Waals surface area (Å²) in [5.41, 5.74) is 1.08. The van der Waals surface area contributed by atoms with E-state index >= 15 is 0 Å². The molecule has 0 spiro atoms. The molecule has 136 valence electrons. The fourth-order valence-corrected chi connectivity index (χ4v) is 3.22. The Labute approximate surface area is 165 Å². The molecule has 0 aliphatic heterocycles. The third-order valence-corrected chi connectivity index (χ3v) is 4.74. The second-order valence-corrected chi connectivity index (χ2v) is 7.15. The number of rotatable bonds is 8. The summed E-state index contributed by atoms with van der Waals surface area (Å²) in [5.74, 6) is 2.64. The molecule has 5 nitrogen and oxygen atoms in total. The Morgan fingerprint density at radius 2 is 1.88 bits per heavy atom. The van der Waals surface area contributed by atoms with Crippen LogP contribution in [0.25, 0.3) is 0 Å². The van der Waals surface area contributed by atoms with Gasteiger partial charge in [-0.15, -0.1) is 10.2 Å². The van der Waals surface area contributed by atoms with E-state index in [-0.39, 0.29) is 0 Å². The topological polar surface area (TPSA) is 57.4 Å². The predicted molar refractivity (Wildman–Crippen MR) is 103 cm³/mol. The largest absolute Gasteiger partial charge is 0.497 e. The van der Waals surface area contributed by atoms with Crippen LogP contribution in [0, 0.1) is 0 Å². The zero-order valence-electron chi connectivity index (χ0n) is 13.9. The molecule has 8 heteroatoms. The van der Waals surface area contributed by atoms with Gasteiger partial charge in [-0.2, -0.15) is 0 Å². The Hall–Kier alpha value is -1.89. The first kappa shape index (κ1) is 18.9. The van der Waals surface area contributed by atoms with E-state index in [2.05, 4.69) is 10.2 Å². The zero-order chi connectivity index (χ0) is 18.4. The summed E-state index contributed by atoms with van der Waals surface area (Å²) in [5, 5.41) is 9.69. The Morgan fingerprint density at radius 3 is 2.62 bits per heavy atom. The zero-order valence-corrected chi connectivity index (χ0v) is 16.3. The van der Waals surface area contributed by atoms with Gasteiger partial charge in [-0.3, -0.25) is 0 Å². The van der Waals surface area contributed by atoms with Crippen molar-refractivity contribution in [1.29, 1.82) is 0 Å². The van der Waals surface area contributed by atoms with Crippen LogP contribution < -0.4 is 9.47 Å². The summed E-state index contributed by atoms with van der Waals surface area (Å²) >= 11 is 13.3. The van der Waals surface area contributed by atoms with Crippen molar-refractivity contribution in [2.45, 2.75) is 11.6 Å². The molecule has 0 aliphatic carbocycles. The molecule has 0 saturated carbocycles. The number of hydrogen-bond acceptors (Lipinski definition) is 6. The maximum absolute atomic E-state index is 6.06. The lowest BCUT2D eigenvalue weighted by atomic mass is 10.1. The van der Waals surface area contributed by atoms with Gasteiger partial charge in [0.2, 0.25) is 5.89 Å². The molecule has 0 N–H and O–H groups in total. The van der Waals surface area contributed by atoms with Crippen LogP contribution in [0.5, 0.6) is 11.5 Å². The van der Waals surface area contributed by atoms with Gasteiger partial charge in [0.25, 0.3) is 5.22 Å². The van der Waals surface area contributed by atoms with E-state index in [0.29, 0.717) is 45.7 Å². The van der Waals surface area contributed by atoms with Gasteiger partial charge >= 0.3 is 0 Å². The molecule has 0 saturated heterocycles. The van der Waals surface area contributed by atoms with Crippen molar-refractivity contribution in [3.05, 3.63) is 64.0 Å². The number of ether oxygens (including phenoxy) is 2. The third-order valence-electron chi connectivity index (χ3n) is 3.42. The standard InChI is InChI=1S/C18H16Cl2N2O3S/c1-23-14-5-2-12(3-6-14)10-17-21-22-18(25-17)26-9-8-24-16-7-4-13(19)11-15(16)20/h2-7,11H,8-10H2,1H3. The molecule has 0 aliphatic rings. The Kier molecular flexibility index (Phi) is 6.66. The van der Waals surface area contributed by atoms with Gasteiger partial charge in [0.1, 0.15) is 11.5 Å². The molecule has 0 amide bonds. The Morgan fingerprint density at radius 1 is 1.08 bits per heavy atom. The lowest BCUT2D eigenvalue weighted by Gasteiger charge is -2.06. The van der Waals surface area contributed by atoms with Crippen molar-refractivity contribution >= 4 is 35.0 Å². The highest BCUT2D eigenvalue weighted by atomic mass is 35.5.